The molecule has 2 rings (SSSR count). The van der Waals surface area contributed by atoms with E-state index in [4.69, 9.17) is 0 Å². The van der Waals surface area contributed by atoms with Crippen LogP contribution in [0.4, 0.5) is 0 Å². The van der Waals surface area contributed by atoms with Crippen molar-refractivity contribution in [3.8, 4) is 11.1 Å². The minimum Gasteiger partial charge on any atom is -0.355 e. The summed E-state index contributed by atoms with van der Waals surface area (Å²) in [7, 11) is 1.63. The molecule has 2 N–H and O–H groups in total. The van der Waals surface area contributed by atoms with Crippen molar-refractivity contribution in [2.75, 3.05) is 7.05 Å². The zero-order chi connectivity index (χ0) is 12.4. The average Bonchev–Trinajstić information content (AvgIpc) is 2.68. The van der Waals surface area contributed by atoms with Gasteiger partial charge in [-0.05, 0) is 31.5 Å². The first-order valence-electron chi connectivity index (χ1n) is 5.47. The Morgan fingerprint density at radius 1 is 1.35 bits per heavy atom. The Kier molecular flexibility index (Phi) is 2.95. The average molecular weight is 229 g/mol. The van der Waals surface area contributed by atoms with Gasteiger partial charge >= 0.3 is 0 Å². The molecule has 0 aliphatic carbocycles. The summed E-state index contributed by atoms with van der Waals surface area (Å²) in [5.74, 6) is -0.0781. The fourth-order valence-corrected chi connectivity index (χ4v) is 1.94. The summed E-state index contributed by atoms with van der Waals surface area (Å²) < 4.78 is 0. The Bertz CT molecular complexity index is 538. The number of carbonyl (C=O) groups excluding carboxylic acids is 1. The molecule has 0 atom stereocenters. The predicted octanol–water partition coefficient (Wildman–Crippen LogP) is 2.05. The molecular formula is C13H15N3O. The molecule has 0 fully saturated rings. The van der Waals surface area contributed by atoms with Crippen molar-refractivity contribution >= 4 is 5.91 Å². The molecule has 0 aliphatic heterocycles. The lowest BCUT2D eigenvalue weighted by Gasteiger charge is -2.04. The molecule has 1 amide bonds. The summed E-state index contributed by atoms with van der Waals surface area (Å²) in [6.07, 6.45) is 0. The molecule has 17 heavy (non-hydrogen) atoms. The highest BCUT2D eigenvalue weighted by atomic mass is 16.1. The fourth-order valence-electron chi connectivity index (χ4n) is 1.94. The van der Waals surface area contributed by atoms with Crippen LogP contribution in [0.25, 0.3) is 11.1 Å². The van der Waals surface area contributed by atoms with Crippen LogP contribution in [0, 0.1) is 13.8 Å². The zero-order valence-corrected chi connectivity index (χ0v) is 10.2. The third kappa shape index (κ3) is 2.06. The number of nitrogens with one attached hydrogen (secondary N) is 2. The maximum atomic E-state index is 11.6. The Morgan fingerprint density at radius 3 is 2.71 bits per heavy atom. The Labute approximate surface area is 100 Å². The summed E-state index contributed by atoms with van der Waals surface area (Å²) >= 11 is 0. The summed E-state index contributed by atoms with van der Waals surface area (Å²) in [4.78, 5) is 11.6. The van der Waals surface area contributed by atoms with Gasteiger partial charge in [-0.25, -0.2) is 0 Å². The van der Waals surface area contributed by atoms with Crippen molar-refractivity contribution in [2.24, 2.45) is 0 Å². The monoisotopic (exact) mass is 229 g/mol. The topological polar surface area (TPSA) is 57.8 Å². The van der Waals surface area contributed by atoms with Gasteiger partial charge in [-0.2, -0.15) is 5.10 Å². The molecule has 0 radical (unpaired) electrons. The summed E-state index contributed by atoms with van der Waals surface area (Å²) in [6, 6.07) is 7.54. The van der Waals surface area contributed by atoms with Crippen LogP contribution in [0.2, 0.25) is 0 Å². The summed E-state index contributed by atoms with van der Waals surface area (Å²) in [5, 5.41) is 9.73. The van der Waals surface area contributed by atoms with Gasteiger partial charge in [0, 0.05) is 23.9 Å². The molecule has 4 nitrogen and oxygen atoms in total. The van der Waals surface area contributed by atoms with Gasteiger partial charge in [0.2, 0.25) is 0 Å². The molecule has 88 valence electrons. The maximum absolute atomic E-state index is 11.6. The molecule has 1 aromatic heterocycles. The first-order valence-corrected chi connectivity index (χ1v) is 5.47. The quantitative estimate of drug-likeness (QED) is 0.828. The molecule has 1 aromatic carbocycles. The smallest absolute Gasteiger partial charge is 0.251 e. The number of H-pyrrole nitrogens is 1. The molecule has 0 bridgehead atoms. The Balaban J connectivity index is 2.50. The predicted molar refractivity (Wildman–Crippen MR) is 66.9 cm³/mol. The number of benzene rings is 1. The third-order valence-electron chi connectivity index (χ3n) is 2.77. The molecule has 0 spiro atoms. The number of aromatic amines is 1. The highest BCUT2D eigenvalue weighted by Crippen LogP contribution is 2.25. The van der Waals surface area contributed by atoms with Crippen LogP contribution in [0.5, 0.6) is 0 Å². The molecule has 1 heterocycles. The maximum Gasteiger partial charge on any atom is 0.251 e. The molecule has 0 unspecified atom stereocenters. The van der Waals surface area contributed by atoms with Gasteiger partial charge in [0.1, 0.15) is 0 Å². The molecular weight excluding hydrogens is 214 g/mol. The fraction of sp³-hybridized carbons (Fsp3) is 0.231. The van der Waals surface area contributed by atoms with Gasteiger partial charge in [-0.3, -0.25) is 9.89 Å². The van der Waals surface area contributed by atoms with E-state index in [2.05, 4.69) is 15.5 Å². The first kappa shape index (κ1) is 11.4. The molecule has 0 aliphatic rings. The van der Waals surface area contributed by atoms with E-state index in [0.717, 1.165) is 22.5 Å². The van der Waals surface area contributed by atoms with Gasteiger partial charge in [0.25, 0.3) is 5.91 Å². The highest BCUT2D eigenvalue weighted by Gasteiger charge is 2.11. The lowest BCUT2D eigenvalue weighted by atomic mass is 10.0. The van der Waals surface area contributed by atoms with Crippen molar-refractivity contribution in [1.29, 1.82) is 0 Å². The lowest BCUT2D eigenvalue weighted by Crippen LogP contribution is -2.17. The van der Waals surface area contributed by atoms with E-state index in [1.54, 1.807) is 13.1 Å². The van der Waals surface area contributed by atoms with Gasteiger partial charge in [0.05, 0.1) is 5.69 Å². The normalized spacial score (nSPS) is 10.3. The van der Waals surface area contributed by atoms with Gasteiger partial charge in [0.15, 0.2) is 0 Å². The second kappa shape index (κ2) is 4.41. The minimum atomic E-state index is -0.0781. The van der Waals surface area contributed by atoms with Crippen LogP contribution in [0.15, 0.2) is 24.3 Å². The van der Waals surface area contributed by atoms with E-state index >= 15 is 0 Å². The van der Waals surface area contributed by atoms with E-state index in [9.17, 15) is 4.79 Å². The SMILES string of the molecule is CNC(=O)c1cccc(-c2c(C)n[nH]c2C)c1. The van der Waals surface area contributed by atoms with Crippen molar-refractivity contribution in [3.05, 3.63) is 41.2 Å². The highest BCUT2D eigenvalue weighted by molar-refractivity contribution is 5.95. The van der Waals surface area contributed by atoms with Crippen LogP contribution in [0.3, 0.4) is 0 Å². The lowest BCUT2D eigenvalue weighted by molar-refractivity contribution is 0.0963. The molecule has 0 saturated heterocycles. The van der Waals surface area contributed by atoms with E-state index < -0.39 is 0 Å². The standard InChI is InChI=1S/C13H15N3O/c1-8-12(9(2)16-15-8)10-5-4-6-11(7-10)13(17)14-3/h4-7H,1-3H3,(H,14,17)(H,15,16). The Morgan fingerprint density at radius 2 is 2.12 bits per heavy atom. The number of rotatable bonds is 2. The second-order valence-corrected chi connectivity index (χ2v) is 3.97. The van der Waals surface area contributed by atoms with Crippen molar-refractivity contribution in [3.63, 3.8) is 0 Å². The van der Waals surface area contributed by atoms with Crippen LogP contribution in [-0.2, 0) is 0 Å². The van der Waals surface area contributed by atoms with Gasteiger partial charge in [-0.1, -0.05) is 12.1 Å². The number of hydrogen-bond acceptors (Lipinski definition) is 2. The number of aromatic nitrogens is 2. The zero-order valence-electron chi connectivity index (χ0n) is 10.2. The number of carbonyl (C=O) groups is 1. The minimum absolute atomic E-state index is 0.0781. The van der Waals surface area contributed by atoms with E-state index in [0.29, 0.717) is 5.56 Å². The largest absolute Gasteiger partial charge is 0.355 e. The van der Waals surface area contributed by atoms with Crippen LogP contribution < -0.4 is 5.32 Å². The Hall–Kier alpha value is -2.10. The van der Waals surface area contributed by atoms with E-state index in [-0.39, 0.29) is 5.91 Å². The van der Waals surface area contributed by atoms with Crippen molar-refractivity contribution < 1.29 is 4.79 Å². The number of hydrogen-bond donors (Lipinski definition) is 2. The second-order valence-electron chi connectivity index (χ2n) is 3.97. The van der Waals surface area contributed by atoms with Crippen molar-refractivity contribution in [2.45, 2.75) is 13.8 Å². The van der Waals surface area contributed by atoms with Gasteiger partial charge in [-0.15, -0.1) is 0 Å². The first-order chi connectivity index (χ1) is 8.13. The van der Waals surface area contributed by atoms with Crippen LogP contribution in [0.1, 0.15) is 21.7 Å². The summed E-state index contributed by atoms with van der Waals surface area (Å²) in [5.41, 5.74) is 4.68. The molecule has 0 saturated carbocycles. The van der Waals surface area contributed by atoms with Gasteiger partial charge < -0.3 is 5.32 Å². The van der Waals surface area contributed by atoms with Crippen LogP contribution in [-0.4, -0.2) is 23.2 Å². The summed E-state index contributed by atoms with van der Waals surface area (Å²) in [6.45, 7) is 3.92. The van der Waals surface area contributed by atoms with E-state index in [1.807, 2.05) is 32.0 Å². The van der Waals surface area contributed by atoms with E-state index in [1.165, 1.54) is 0 Å². The molecule has 2 aromatic rings. The number of amides is 1. The third-order valence-corrected chi connectivity index (χ3v) is 2.77. The molecule has 4 heteroatoms. The van der Waals surface area contributed by atoms with Crippen LogP contribution >= 0.6 is 0 Å². The number of aryl methyl sites for hydroxylation is 2. The van der Waals surface area contributed by atoms with Crippen molar-refractivity contribution in [1.82, 2.24) is 15.5 Å². The number of nitrogens with zero attached hydrogens (tertiary/aromatic N) is 1.